The number of nitrogens with one attached hydrogen (secondary N) is 1. The van der Waals surface area contributed by atoms with E-state index in [1.807, 2.05) is 24.4 Å². The molecule has 2 aliphatic rings. The van der Waals surface area contributed by atoms with E-state index in [0.717, 1.165) is 41.7 Å². The van der Waals surface area contributed by atoms with E-state index in [1.165, 1.54) is 9.87 Å². The van der Waals surface area contributed by atoms with Gasteiger partial charge in [0.15, 0.2) is 0 Å². The minimum Gasteiger partial charge on any atom is -0.305 e. The molecule has 1 aromatic carbocycles. The first-order chi connectivity index (χ1) is 15.0. The SMILES string of the molecule is C=CC1=C(C=C)CN(S(=O)(=O)c2ccc(CNC3CCCc4cccnc43)cc2)CC1. The number of benzene rings is 1. The summed E-state index contributed by atoms with van der Waals surface area (Å²) in [5, 5.41) is 3.59. The summed E-state index contributed by atoms with van der Waals surface area (Å²) < 4.78 is 27.8. The molecule has 4 rings (SSSR count). The van der Waals surface area contributed by atoms with Crippen LogP contribution in [0.25, 0.3) is 0 Å². The number of aryl methyl sites for hydroxylation is 1. The van der Waals surface area contributed by atoms with Gasteiger partial charge in [0.25, 0.3) is 0 Å². The van der Waals surface area contributed by atoms with E-state index in [1.54, 1.807) is 24.3 Å². The van der Waals surface area contributed by atoms with Crippen LogP contribution >= 0.6 is 0 Å². The molecule has 0 amide bonds. The number of hydrogen-bond donors (Lipinski definition) is 1. The van der Waals surface area contributed by atoms with E-state index >= 15 is 0 Å². The normalized spacial score (nSPS) is 19.7. The second kappa shape index (κ2) is 9.30. The zero-order valence-electron chi connectivity index (χ0n) is 17.8. The molecule has 1 aliphatic heterocycles. The van der Waals surface area contributed by atoms with Crippen molar-refractivity contribution in [1.82, 2.24) is 14.6 Å². The second-order valence-corrected chi connectivity index (χ2v) is 10.0. The zero-order chi connectivity index (χ0) is 21.8. The van der Waals surface area contributed by atoms with Gasteiger partial charge in [-0.25, -0.2) is 8.42 Å². The van der Waals surface area contributed by atoms with Crippen LogP contribution in [0.1, 0.15) is 42.1 Å². The lowest BCUT2D eigenvalue weighted by atomic mass is 9.92. The Kier molecular flexibility index (Phi) is 6.51. The van der Waals surface area contributed by atoms with Gasteiger partial charge in [0, 0.05) is 25.8 Å². The Morgan fingerprint density at radius 1 is 1.10 bits per heavy atom. The third kappa shape index (κ3) is 4.56. The summed E-state index contributed by atoms with van der Waals surface area (Å²) in [6.45, 7) is 9.11. The molecule has 1 atom stereocenters. The third-order valence-electron chi connectivity index (χ3n) is 6.19. The van der Waals surface area contributed by atoms with Crippen molar-refractivity contribution in [2.45, 2.75) is 43.2 Å². The molecule has 1 unspecified atom stereocenters. The van der Waals surface area contributed by atoms with Gasteiger partial charge in [0.2, 0.25) is 10.0 Å². The summed E-state index contributed by atoms with van der Waals surface area (Å²) >= 11 is 0. The molecule has 0 radical (unpaired) electrons. The van der Waals surface area contributed by atoms with Crippen LogP contribution in [0.15, 0.2) is 83.9 Å². The maximum Gasteiger partial charge on any atom is 0.243 e. The molecule has 0 fully saturated rings. The molecular weight excluding hydrogens is 406 g/mol. The van der Waals surface area contributed by atoms with Crippen LogP contribution < -0.4 is 5.32 Å². The number of hydrogen-bond acceptors (Lipinski definition) is 4. The minimum atomic E-state index is -3.54. The second-order valence-electron chi connectivity index (χ2n) is 8.06. The summed E-state index contributed by atoms with van der Waals surface area (Å²) in [4.78, 5) is 4.90. The fraction of sp³-hybridized carbons (Fsp3) is 0.320. The Bertz CT molecular complexity index is 1100. The van der Waals surface area contributed by atoms with Crippen LogP contribution in [0.5, 0.6) is 0 Å². The van der Waals surface area contributed by atoms with E-state index in [4.69, 9.17) is 0 Å². The van der Waals surface area contributed by atoms with Gasteiger partial charge in [-0.3, -0.25) is 4.98 Å². The van der Waals surface area contributed by atoms with Gasteiger partial charge < -0.3 is 5.32 Å². The Morgan fingerprint density at radius 2 is 1.87 bits per heavy atom. The van der Waals surface area contributed by atoms with E-state index < -0.39 is 10.0 Å². The quantitative estimate of drug-likeness (QED) is 0.704. The average Bonchev–Trinajstić information content (AvgIpc) is 2.82. The number of rotatable bonds is 7. The molecule has 31 heavy (non-hydrogen) atoms. The lowest BCUT2D eigenvalue weighted by Crippen LogP contribution is -2.36. The molecule has 0 saturated carbocycles. The first-order valence-corrected chi connectivity index (χ1v) is 12.2. The molecule has 2 heterocycles. The van der Waals surface area contributed by atoms with Crippen molar-refractivity contribution in [2.24, 2.45) is 0 Å². The summed E-state index contributed by atoms with van der Waals surface area (Å²) in [5.41, 5.74) is 5.51. The van der Waals surface area contributed by atoms with Crippen molar-refractivity contribution >= 4 is 10.0 Å². The Labute approximate surface area is 185 Å². The van der Waals surface area contributed by atoms with Crippen molar-refractivity contribution in [3.63, 3.8) is 0 Å². The van der Waals surface area contributed by atoms with Gasteiger partial charge in [-0.15, -0.1) is 0 Å². The van der Waals surface area contributed by atoms with E-state index in [9.17, 15) is 8.42 Å². The van der Waals surface area contributed by atoms with Crippen molar-refractivity contribution in [3.05, 3.63) is 95.9 Å². The van der Waals surface area contributed by atoms with E-state index in [2.05, 4.69) is 29.5 Å². The molecule has 2 aromatic rings. The summed E-state index contributed by atoms with van der Waals surface area (Å²) in [6, 6.07) is 11.6. The van der Waals surface area contributed by atoms with Gasteiger partial charge in [-0.2, -0.15) is 4.31 Å². The first kappa shape index (κ1) is 21.7. The molecule has 0 saturated heterocycles. The summed E-state index contributed by atoms with van der Waals surface area (Å²) in [6.07, 6.45) is 9.33. The van der Waals surface area contributed by atoms with Gasteiger partial charge in [-0.1, -0.05) is 43.5 Å². The molecule has 6 heteroatoms. The molecule has 1 N–H and O–H groups in total. The topological polar surface area (TPSA) is 62.3 Å². The van der Waals surface area contributed by atoms with Crippen LogP contribution in [-0.4, -0.2) is 30.8 Å². The predicted octanol–water partition coefficient (Wildman–Crippen LogP) is 4.31. The number of fused-ring (bicyclic) bond motifs is 1. The Hall–Kier alpha value is -2.54. The van der Waals surface area contributed by atoms with Crippen LogP contribution in [0.4, 0.5) is 0 Å². The molecule has 162 valence electrons. The summed E-state index contributed by atoms with van der Waals surface area (Å²) in [7, 11) is -3.54. The number of sulfonamides is 1. The Balaban J connectivity index is 1.43. The largest absolute Gasteiger partial charge is 0.305 e. The van der Waals surface area contributed by atoms with Crippen LogP contribution in [0.2, 0.25) is 0 Å². The van der Waals surface area contributed by atoms with Crippen molar-refractivity contribution < 1.29 is 8.42 Å². The lowest BCUT2D eigenvalue weighted by Gasteiger charge is -2.28. The fourth-order valence-electron chi connectivity index (χ4n) is 4.39. The predicted molar refractivity (Wildman–Crippen MR) is 124 cm³/mol. The molecule has 0 spiro atoms. The lowest BCUT2D eigenvalue weighted by molar-refractivity contribution is 0.426. The highest BCUT2D eigenvalue weighted by Crippen LogP contribution is 2.28. The molecule has 5 nitrogen and oxygen atoms in total. The van der Waals surface area contributed by atoms with Gasteiger partial charge in [0.05, 0.1) is 16.6 Å². The molecular formula is C25H29N3O2S. The van der Waals surface area contributed by atoms with E-state index in [-0.39, 0.29) is 6.04 Å². The van der Waals surface area contributed by atoms with Crippen LogP contribution in [-0.2, 0) is 23.0 Å². The number of allylic oxidation sites excluding steroid dienone is 1. The number of nitrogens with zero attached hydrogens (tertiary/aromatic N) is 2. The van der Waals surface area contributed by atoms with Crippen molar-refractivity contribution in [2.75, 3.05) is 13.1 Å². The average molecular weight is 436 g/mol. The van der Waals surface area contributed by atoms with Gasteiger partial charge in [-0.05, 0) is 66.2 Å². The van der Waals surface area contributed by atoms with Crippen LogP contribution in [0, 0.1) is 0 Å². The fourth-order valence-corrected chi connectivity index (χ4v) is 5.81. The third-order valence-corrected chi connectivity index (χ3v) is 8.05. The monoisotopic (exact) mass is 435 g/mol. The highest BCUT2D eigenvalue weighted by Gasteiger charge is 2.28. The minimum absolute atomic E-state index is 0.241. The molecule has 0 bridgehead atoms. The smallest absolute Gasteiger partial charge is 0.243 e. The summed E-state index contributed by atoms with van der Waals surface area (Å²) in [5.74, 6) is 0. The maximum atomic E-state index is 13.1. The Morgan fingerprint density at radius 3 is 2.61 bits per heavy atom. The highest BCUT2D eigenvalue weighted by atomic mass is 32.2. The van der Waals surface area contributed by atoms with Crippen LogP contribution in [0.3, 0.4) is 0 Å². The standard InChI is InChI=1S/C25H29N3O2S/c1-3-20-14-16-28(18-21(20)4-2)31(29,30)23-12-10-19(11-13-23)17-27-24-9-5-7-22-8-6-15-26-25(22)24/h3-4,6,8,10-13,15,24,27H,1-2,5,7,9,14,16-18H2. The van der Waals surface area contributed by atoms with Crippen molar-refractivity contribution in [3.8, 4) is 0 Å². The van der Waals surface area contributed by atoms with Gasteiger partial charge in [0.1, 0.15) is 0 Å². The maximum absolute atomic E-state index is 13.1. The van der Waals surface area contributed by atoms with E-state index in [0.29, 0.717) is 31.0 Å². The molecule has 1 aliphatic carbocycles. The highest BCUT2D eigenvalue weighted by molar-refractivity contribution is 7.89. The number of aromatic nitrogens is 1. The molecule has 1 aromatic heterocycles. The first-order valence-electron chi connectivity index (χ1n) is 10.8. The van der Waals surface area contributed by atoms with Gasteiger partial charge >= 0.3 is 0 Å². The zero-order valence-corrected chi connectivity index (χ0v) is 18.6. The number of pyridine rings is 1. The van der Waals surface area contributed by atoms with Crippen molar-refractivity contribution in [1.29, 1.82) is 0 Å².